The second-order valence-corrected chi connectivity index (χ2v) is 6.78. The normalized spacial score (nSPS) is 12.4. The number of nitrogens with one attached hydrogen (secondary N) is 1. The predicted octanol–water partition coefficient (Wildman–Crippen LogP) is 2.98. The van der Waals surface area contributed by atoms with Gasteiger partial charge in [0.2, 0.25) is 5.13 Å². The molecule has 1 aromatic rings. The van der Waals surface area contributed by atoms with Gasteiger partial charge in [-0.3, -0.25) is 0 Å². The van der Waals surface area contributed by atoms with Gasteiger partial charge in [0, 0.05) is 29.5 Å². The first-order valence-corrected chi connectivity index (χ1v) is 7.36. The lowest BCUT2D eigenvalue weighted by molar-refractivity contribution is 0.273. The number of nitrogens with zero attached hydrogens (tertiary/aromatic N) is 3. The van der Waals surface area contributed by atoms with Crippen LogP contribution >= 0.6 is 11.5 Å². The van der Waals surface area contributed by atoms with E-state index in [2.05, 4.69) is 61.2 Å². The van der Waals surface area contributed by atoms with E-state index >= 15 is 0 Å². The third-order valence-electron chi connectivity index (χ3n) is 2.94. The van der Waals surface area contributed by atoms with E-state index in [-0.39, 0.29) is 5.41 Å². The van der Waals surface area contributed by atoms with Crippen molar-refractivity contribution in [3.63, 3.8) is 0 Å². The smallest absolute Gasteiger partial charge is 0.202 e. The summed E-state index contributed by atoms with van der Waals surface area (Å²) < 4.78 is 4.39. The molecule has 0 aromatic carbocycles. The van der Waals surface area contributed by atoms with Crippen LogP contribution in [-0.4, -0.2) is 40.4 Å². The van der Waals surface area contributed by atoms with Crippen LogP contribution in [0.25, 0.3) is 0 Å². The second-order valence-electron chi connectivity index (χ2n) is 6.03. The van der Waals surface area contributed by atoms with Crippen LogP contribution in [0.15, 0.2) is 0 Å². The highest BCUT2D eigenvalue weighted by molar-refractivity contribution is 7.09. The molecular formula is C13H26N4S. The van der Waals surface area contributed by atoms with E-state index in [0.717, 1.165) is 30.5 Å². The van der Waals surface area contributed by atoms with Gasteiger partial charge in [-0.2, -0.15) is 4.37 Å². The quantitative estimate of drug-likeness (QED) is 0.807. The lowest BCUT2D eigenvalue weighted by Crippen LogP contribution is -2.28. The molecule has 0 unspecified atom stereocenters. The second kappa shape index (κ2) is 6.48. The van der Waals surface area contributed by atoms with Gasteiger partial charge < -0.3 is 10.2 Å². The third kappa shape index (κ3) is 4.90. The minimum Gasteiger partial charge on any atom is -0.360 e. The first-order valence-electron chi connectivity index (χ1n) is 6.59. The number of rotatable bonds is 6. The topological polar surface area (TPSA) is 41.0 Å². The molecule has 0 radical (unpaired) electrons. The van der Waals surface area contributed by atoms with Gasteiger partial charge in [0.15, 0.2) is 0 Å². The van der Waals surface area contributed by atoms with Crippen LogP contribution < -0.4 is 5.32 Å². The van der Waals surface area contributed by atoms with Gasteiger partial charge in [-0.05, 0) is 33.9 Å². The summed E-state index contributed by atoms with van der Waals surface area (Å²) in [5.41, 5.74) is 0.0360. The fraction of sp³-hybridized carbons (Fsp3) is 0.846. The molecule has 0 aliphatic carbocycles. The lowest BCUT2D eigenvalue weighted by atomic mass is 9.96. The van der Waals surface area contributed by atoms with Gasteiger partial charge in [-0.15, -0.1) is 0 Å². The Bertz CT molecular complexity index is 354. The molecule has 1 heterocycles. The minimum atomic E-state index is 0.0360. The molecule has 104 valence electrons. The van der Waals surface area contributed by atoms with Gasteiger partial charge in [-0.25, -0.2) is 4.98 Å². The Balaban J connectivity index is 2.30. The molecule has 0 atom stereocenters. The summed E-state index contributed by atoms with van der Waals surface area (Å²) >= 11 is 1.46. The van der Waals surface area contributed by atoms with Gasteiger partial charge in [0.25, 0.3) is 0 Å². The largest absolute Gasteiger partial charge is 0.360 e. The van der Waals surface area contributed by atoms with Crippen molar-refractivity contribution >= 4 is 16.7 Å². The lowest BCUT2D eigenvalue weighted by Gasteiger charge is -2.20. The summed E-state index contributed by atoms with van der Waals surface area (Å²) in [5.74, 6) is 0.925. The molecule has 0 bridgehead atoms. The Morgan fingerprint density at radius 1 is 1.33 bits per heavy atom. The Labute approximate surface area is 115 Å². The SMILES string of the molecule is CC(C)N(C)CCCNc1nc(C(C)(C)C)ns1. The zero-order valence-corrected chi connectivity index (χ0v) is 13.3. The first-order chi connectivity index (χ1) is 8.30. The number of hydrogen-bond donors (Lipinski definition) is 1. The molecule has 1 aromatic heterocycles. The standard InChI is InChI=1S/C13H26N4S/c1-10(2)17(6)9-7-8-14-12-15-11(16-18-12)13(3,4)5/h10H,7-9H2,1-6H3,(H,14,15,16). The summed E-state index contributed by atoms with van der Waals surface area (Å²) in [6, 6.07) is 0.610. The molecule has 18 heavy (non-hydrogen) atoms. The molecule has 1 N–H and O–H groups in total. The third-order valence-corrected chi connectivity index (χ3v) is 3.62. The summed E-state index contributed by atoms with van der Waals surface area (Å²) in [5, 5.41) is 4.29. The van der Waals surface area contributed by atoms with Crippen molar-refractivity contribution in [3.8, 4) is 0 Å². The van der Waals surface area contributed by atoms with Crippen molar-refractivity contribution in [2.45, 2.75) is 52.5 Å². The van der Waals surface area contributed by atoms with Crippen molar-refractivity contribution in [2.75, 3.05) is 25.5 Å². The molecule has 0 fully saturated rings. The van der Waals surface area contributed by atoms with E-state index in [9.17, 15) is 0 Å². The summed E-state index contributed by atoms with van der Waals surface area (Å²) in [7, 11) is 2.16. The first kappa shape index (κ1) is 15.4. The highest BCUT2D eigenvalue weighted by Gasteiger charge is 2.19. The van der Waals surface area contributed by atoms with Gasteiger partial charge in [-0.1, -0.05) is 20.8 Å². The molecule has 0 spiro atoms. The summed E-state index contributed by atoms with van der Waals surface area (Å²) in [4.78, 5) is 6.87. The molecule has 0 aliphatic rings. The Hall–Kier alpha value is -0.680. The van der Waals surface area contributed by atoms with Crippen LogP contribution in [0.4, 0.5) is 5.13 Å². The van der Waals surface area contributed by atoms with E-state index in [4.69, 9.17) is 0 Å². The van der Waals surface area contributed by atoms with Gasteiger partial charge in [0.1, 0.15) is 5.82 Å². The average Bonchev–Trinajstić information content (AvgIpc) is 2.72. The Kier molecular flexibility index (Phi) is 5.53. The fourth-order valence-corrected chi connectivity index (χ4v) is 2.16. The van der Waals surface area contributed by atoms with Crippen molar-refractivity contribution in [2.24, 2.45) is 0 Å². The molecule has 0 saturated carbocycles. The Morgan fingerprint density at radius 3 is 2.50 bits per heavy atom. The monoisotopic (exact) mass is 270 g/mol. The fourth-order valence-electron chi connectivity index (χ4n) is 1.38. The van der Waals surface area contributed by atoms with Gasteiger partial charge >= 0.3 is 0 Å². The van der Waals surface area contributed by atoms with Crippen LogP contribution in [0.3, 0.4) is 0 Å². The molecule has 0 amide bonds. The van der Waals surface area contributed by atoms with E-state index in [0.29, 0.717) is 6.04 Å². The maximum absolute atomic E-state index is 4.52. The van der Waals surface area contributed by atoms with Crippen LogP contribution in [0.1, 0.15) is 46.9 Å². The van der Waals surface area contributed by atoms with Crippen LogP contribution in [0.5, 0.6) is 0 Å². The number of aromatic nitrogens is 2. The van der Waals surface area contributed by atoms with Crippen molar-refractivity contribution in [1.82, 2.24) is 14.3 Å². The van der Waals surface area contributed by atoms with E-state index in [1.54, 1.807) is 0 Å². The van der Waals surface area contributed by atoms with Crippen LogP contribution in [0, 0.1) is 0 Å². The van der Waals surface area contributed by atoms with E-state index < -0.39 is 0 Å². The minimum absolute atomic E-state index is 0.0360. The van der Waals surface area contributed by atoms with E-state index in [1.807, 2.05) is 0 Å². The molecule has 0 aliphatic heterocycles. The maximum Gasteiger partial charge on any atom is 0.202 e. The van der Waals surface area contributed by atoms with Gasteiger partial charge in [0.05, 0.1) is 0 Å². The molecular weight excluding hydrogens is 244 g/mol. The average molecular weight is 270 g/mol. The van der Waals surface area contributed by atoms with Crippen molar-refractivity contribution in [3.05, 3.63) is 5.82 Å². The van der Waals surface area contributed by atoms with Crippen LogP contribution in [-0.2, 0) is 5.41 Å². The number of anilines is 1. The van der Waals surface area contributed by atoms with Crippen LogP contribution in [0.2, 0.25) is 0 Å². The van der Waals surface area contributed by atoms with Crippen molar-refractivity contribution < 1.29 is 0 Å². The zero-order chi connectivity index (χ0) is 13.8. The summed E-state index contributed by atoms with van der Waals surface area (Å²) in [6.07, 6.45) is 1.12. The molecule has 5 heteroatoms. The highest BCUT2D eigenvalue weighted by atomic mass is 32.1. The number of hydrogen-bond acceptors (Lipinski definition) is 5. The highest BCUT2D eigenvalue weighted by Crippen LogP contribution is 2.22. The molecule has 0 saturated heterocycles. The summed E-state index contributed by atoms with van der Waals surface area (Å²) in [6.45, 7) is 12.9. The Morgan fingerprint density at radius 2 is 2.00 bits per heavy atom. The van der Waals surface area contributed by atoms with E-state index in [1.165, 1.54) is 11.5 Å². The molecule has 4 nitrogen and oxygen atoms in total. The van der Waals surface area contributed by atoms with Crippen molar-refractivity contribution in [1.29, 1.82) is 0 Å². The molecule has 1 rings (SSSR count). The predicted molar refractivity (Wildman–Crippen MR) is 79.5 cm³/mol. The zero-order valence-electron chi connectivity index (χ0n) is 12.4. The maximum atomic E-state index is 4.52.